The average Bonchev–Trinajstić information content (AvgIpc) is 3.47. The molecule has 11 heteroatoms. The van der Waals surface area contributed by atoms with Crippen LogP contribution in [0.3, 0.4) is 0 Å². The largest absolute Gasteiger partial charge is 0.497 e. The summed E-state index contributed by atoms with van der Waals surface area (Å²) in [4.78, 5) is 30.7. The van der Waals surface area contributed by atoms with Crippen LogP contribution in [0.1, 0.15) is 29.8 Å². The van der Waals surface area contributed by atoms with Gasteiger partial charge in [0.15, 0.2) is 17.2 Å². The van der Waals surface area contributed by atoms with Gasteiger partial charge in [0.05, 0.1) is 31.0 Å². The molecule has 0 saturated heterocycles. The Balaban J connectivity index is 1.39. The van der Waals surface area contributed by atoms with Gasteiger partial charge in [0.1, 0.15) is 11.9 Å². The SMILES string of the molecule is COc1ccc(CN(C)C[C@@H]2Oc3c(NC(=O)Nc4ccc5c(c4)OCO5)cccc3C(=O)N([C@@H](C)CO)C[C@@H]2C)cc1. The summed E-state index contributed by atoms with van der Waals surface area (Å²) in [5.74, 6) is 1.89. The first kappa shape index (κ1) is 30.0. The van der Waals surface area contributed by atoms with Crippen LogP contribution in [0, 0.1) is 5.92 Å². The summed E-state index contributed by atoms with van der Waals surface area (Å²) in [6, 6.07) is 17.2. The number of likely N-dealkylation sites (N-methyl/N-ethyl adjacent to an activating group) is 1. The van der Waals surface area contributed by atoms with Crippen molar-refractivity contribution >= 4 is 23.3 Å². The summed E-state index contributed by atoms with van der Waals surface area (Å²) in [6.45, 7) is 5.45. The molecule has 3 N–H and O–H groups in total. The molecule has 0 radical (unpaired) electrons. The number of aliphatic hydroxyl groups is 1. The first-order chi connectivity index (χ1) is 20.7. The Morgan fingerprint density at radius 1 is 1.12 bits per heavy atom. The number of nitrogens with one attached hydrogen (secondary N) is 2. The molecule has 0 unspecified atom stereocenters. The van der Waals surface area contributed by atoms with Crippen molar-refractivity contribution in [2.75, 3.05) is 51.3 Å². The number of methoxy groups -OCH3 is 1. The van der Waals surface area contributed by atoms with Gasteiger partial charge in [-0.1, -0.05) is 25.1 Å². The number of rotatable bonds is 9. The normalized spacial score (nSPS) is 18.3. The Labute approximate surface area is 251 Å². The molecule has 0 fully saturated rings. The van der Waals surface area contributed by atoms with Crippen molar-refractivity contribution in [1.29, 1.82) is 0 Å². The van der Waals surface area contributed by atoms with Crippen molar-refractivity contribution in [2.24, 2.45) is 5.92 Å². The van der Waals surface area contributed by atoms with Crippen LogP contribution in [0.5, 0.6) is 23.0 Å². The van der Waals surface area contributed by atoms with E-state index in [1.807, 2.05) is 45.2 Å². The quantitative estimate of drug-likeness (QED) is 0.335. The number of anilines is 2. The molecule has 3 atom stereocenters. The number of fused-ring (bicyclic) bond motifs is 2. The minimum Gasteiger partial charge on any atom is -0.497 e. The van der Waals surface area contributed by atoms with E-state index in [4.69, 9.17) is 18.9 Å². The number of carbonyl (C=O) groups excluding carboxylic acids is 2. The fourth-order valence-electron chi connectivity index (χ4n) is 5.23. The van der Waals surface area contributed by atoms with Gasteiger partial charge in [-0.25, -0.2) is 4.79 Å². The van der Waals surface area contributed by atoms with Crippen LogP contribution in [-0.2, 0) is 6.54 Å². The summed E-state index contributed by atoms with van der Waals surface area (Å²) in [5, 5.41) is 15.6. The molecule has 0 saturated carbocycles. The molecular formula is C32H38N4O7. The van der Waals surface area contributed by atoms with Crippen LogP contribution in [0.4, 0.5) is 16.2 Å². The van der Waals surface area contributed by atoms with Gasteiger partial charge < -0.3 is 39.6 Å². The molecule has 2 aliphatic rings. The summed E-state index contributed by atoms with van der Waals surface area (Å²) in [7, 11) is 3.66. The van der Waals surface area contributed by atoms with Crippen molar-refractivity contribution in [1.82, 2.24) is 9.80 Å². The molecule has 2 aliphatic heterocycles. The van der Waals surface area contributed by atoms with E-state index in [0.29, 0.717) is 48.1 Å². The van der Waals surface area contributed by atoms with E-state index in [1.54, 1.807) is 48.4 Å². The number of urea groups is 1. The Morgan fingerprint density at radius 3 is 2.63 bits per heavy atom. The fraction of sp³-hybridized carbons (Fsp3) is 0.375. The second-order valence-corrected chi connectivity index (χ2v) is 11.0. The highest BCUT2D eigenvalue weighted by Gasteiger charge is 2.34. The monoisotopic (exact) mass is 590 g/mol. The second kappa shape index (κ2) is 13.2. The third kappa shape index (κ3) is 6.95. The van der Waals surface area contributed by atoms with Crippen LogP contribution < -0.4 is 29.6 Å². The maximum Gasteiger partial charge on any atom is 0.323 e. The van der Waals surface area contributed by atoms with E-state index in [2.05, 4.69) is 15.5 Å². The summed E-state index contributed by atoms with van der Waals surface area (Å²) in [5.41, 5.74) is 2.32. The van der Waals surface area contributed by atoms with Gasteiger partial charge in [-0.15, -0.1) is 0 Å². The predicted octanol–water partition coefficient (Wildman–Crippen LogP) is 4.42. The van der Waals surface area contributed by atoms with Crippen molar-refractivity contribution in [3.05, 3.63) is 71.8 Å². The van der Waals surface area contributed by atoms with Crippen molar-refractivity contribution < 1.29 is 33.6 Å². The van der Waals surface area contributed by atoms with Crippen LogP contribution in [-0.4, -0.2) is 79.6 Å². The number of hydrogen-bond acceptors (Lipinski definition) is 8. The highest BCUT2D eigenvalue weighted by Crippen LogP contribution is 2.36. The molecule has 5 rings (SSSR count). The zero-order chi connectivity index (χ0) is 30.5. The van der Waals surface area contributed by atoms with E-state index in [0.717, 1.165) is 11.3 Å². The molecule has 3 aromatic carbocycles. The summed E-state index contributed by atoms with van der Waals surface area (Å²) >= 11 is 0. The van der Waals surface area contributed by atoms with Gasteiger partial charge in [-0.2, -0.15) is 0 Å². The first-order valence-corrected chi connectivity index (χ1v) is 14.3. The van der Waals surface area contributed by atoms with Gasteiger partial charge in [0.2, 0.25) is 6.79 Å². The van der Waals surface area contributed by atoms with E-state index in [9.17, 15) is 14.7 Å². The number of ether oxygens (including phenoxy) is 4. The van der Waals surface area contributed by atoms with E-state index in [1.165, 1.54) is 0 Å². The third-order valence-electron chi connectivity index (χ3n) is 7.67. The predicted molar refractivity (Wildman–Crippen MR) is 162 cm³/mol. The van der Waals surface area contributed by atoms with Crippen molar-refractivity contribution in [3.63, 3.8) is 0 Å². The standard InChI is InChI=1S/C32H38N4O7/c1-20-15-36(21(2)18-37)31(38)25-6-5-7-26(34-32(39)33-23-10-13-27-28(14-23)42-19-41-27)30(25)43-29(20)17-35(3)16-22-8-11-24(40-4)12-9-22/h5-14,20-21,29,37H,15-19H2,1-4H3,(H2,33,34,39)/t20-,21-,29-/m0/s1. The number of hydrogen-bond donors (Lipinski definition) is 3. The molecule has 0 aliphatic carbocycles. The number of benzene rings is 3. The third-order valence-corrected chi connectivity index (χ3v) is 7.67. The van der Waals surface area contributed by atoms with Crippen molar-refractivity contribution in [3.8, 4) is 23.0 Å². The lowest BCUT2D eigenvalue weighted by atomic mass is 9.99. The lowest BCUT2D eigenvalue weighted by Crippen LogP contribution is -2.49. The lowest BCUT2D eigenvalue weighted by molar-refractivity contribution is 0.0343. The number of carbonyl (C=O) groups is 2. The number of aliphatic hydroxyl groups excluding tert-OH is 1. The van der Waals surface area contributed by atoms with Crippen LogP contribution in [0.15, 0.2) is 60.7 Å². The first-order valence-electron chi connectivity index (χ1n) is 14.3. The van der Waals surface area contributed by atoms with E-state index in [-0.39, 0.29) is 37.1 Å². The zero-order valence-corrected chi connectivity index (χ0v) is 24.8. The number of amides is 3. The molecule has 3 aromatic rings. The molecular weight excluding hydrogens is 552 g/mol. The van der Waals surface area contributed by atoms with Crippen LogP contribution in [0.2, 0.25) is 0 Å². The summed E-state index contributed by atoms with van der Waals surface area (Å²) in [6.07, 6.45) is -0.330. The van der Waals surface area contributed by atoms with Crippen LogP contribution in [0.25, 0.3) is 0 Å². The van der Waals surface area contributed by atoms with Crippen LogP contribution >= 0.6 is 0 Å². The molecule has 11 nitrogen and oxygen atoms in total. The molecule has 228 valence electrons. The maximum absolute atomic E-state index is 13.8. The molecule has 3 amide bonds. The van der Waals surface area contributed by atoms with Gasteiger partial charge in [-0.05, 0) is 55.9 Å². The maximum atomic E-state index is 13.8. The number of para-hydroxylation sites is 1. The zero-order valence-electron chi connectivity index (χ0n) is 24.8. The molecule has 2 heterocycles. The molecule has 43 heavy (non-hydrogen) atoms. The Morgan fingerprint density at radius 2 is 1.88 bits per heavy atom. The average molecular weight is 591 g/mol. The Kier molecular flexibility index (Phi) is 9.22. The topological polar surface area (TPSA) is 122 Å². The van der Waals surface area contributed by atoms with Gasteiger partial charge in [0.25, 0.3) is 5.91 Å². The fourth-order valence-corrected chi connectivity index (χ4v) is 5.23. The Bertz CT molecular complexity index is 1450. The summed E-state index contributed by atoms with van der Waals surface area (Å²) < 4.78 is 22.6. The minimum absolute atomic E-state index is 0.0834. The highest BCUT2D eigenvalue weighted by molar-refractivity contribution is 6.04. The lowest BCUT2D eigenvalue weighted by Gasteiger charge is -2.38. The van der Waals surface area contributed by atoms with Gasteiger partial charge in [0, 0.05) is 37.3 Å². The van der Waals surface area contributed by atoms with Gasteiger partial charge >= 0.3 is 6.03 Å². The highest BCUT2D eigenvalue weighted by atomic mass is 16.7. The molecule has 0 aromatic heterocycles. The number of nitrogens with zero attached hydrogens (tertiary/aromatic N) is 2. The molecule has 0 spiro atoms. The smallest absolute Gasteiger partial charge is 0.323 e. The van der Waals surface area contributed by atoms with Crippen molar-refractivity contribution in [2.45, 2.75) is 32.5 Å². The van der Waals surface area contributed by atoms with E-state index < -0.39 is 12.1 Å². The Hall–Kier alpha value is -4.48. The van der Waals surface area contributed by atoms with Gasteiger partial charge in [-0.3, -0.25) is 9.69 Å². The molecule has 0 bridgehead atoms. The minimum atomic E-state index is -0.507. The van der Waals surface area contributed by atoms with E-state index >= 15 is 0 Å². The second-order valence-electron chi connectivity index (χ2n) is 11.0.